The molecule has 51 heavy (non-hydrogen) atoms. The zero-order valence-corrected chi connectivity index (χ0v) is 28.9. The number of benzene rings is 2. The van der Waals surface area contributed by atoms with Crippen molar-refractivity contribution in [2.24, 2.45) is 0 Å². The van der Waals surface area contributed by atoms with Gasteiger partial charge in [0.25, 0.3) is 5.91 Å². The second-order valence-corrected chi connectivity index (χ2v) is 15.5. The van der Waals surface area contributed by atoms with Crippen LogP contribution in [0.1, 0.15) is 43.6 Å². The maximum Gasteiger partial charge on any atom is 0.420 e. The molecule has 4 aliphatic rings. The Balaban J connectivity index is 1.11. The minimum absolute atomic E-state index is 0.0628. The number of ether oxygens (including phenoxy) is 2. The number of alkyl halides is 3. The van der Waals surface area contributed by atoms with Crippen molar-refractivity contribution in [2.75, 3.05) is 58.7 Å². The van der Waals surface area contributed by atoms with Gasteiger partial charge in [-0.3, -0.25) is 14.6 Å². The van der Waals surface area contributed by atoms with E-state index in [1.807, 2.05) is 0 Å². The molecule has 7 rings (SSSR count). The minimum atomic E-state index is -4.89. The van der Waals surface area contributed by atoms with E-state index in [2.05, 4.69) is 19.9 Å². The average Bonchev–Trinajstić information content (AvgIpc) is 3.61. The number of aromatic nitrogens is 2. The molecule has 0 radical (unpaired) electrons. The third-order valence-corrected chi connectivity index (χ3v) is 11.5. The molecule has 274 valence electrons. The van der Waals surface area contributed by atoms with E-state index in [9.17, 15) is 31.2 Å². The number of morpholine rings is 1. The van der Waals surface area contributed by atoms with Crippen LogP contribution >= 0.6 is 0 Å². The van der Waals surface area contributed by atoms with Crippen LogP contribution in [0.15, 0.2) is 51.9 Å². The Labute approximate surface area is 293 Å². The van der Waals surface area contributed by atoms with Crippen LogP contribution in [-0.4, -0.2) is 120 Å². The van der Waals surface area contributed by atoms with Crippen molar-refractivity contribution < 1.29 is 45.2 Å². The van der Waals surface area contributed by atoms with Crippen molar-refractivity contribution in [2.45, 2.75) is 61.3 Å². The largest absolute Gasteiger partial charge is 0.455 e. The van der Waals surface area contributed by atoms with Crippen LogP contribution in [0.4, 0.5) is 18.0 Å². The van der Waals surface area contributed by atoms with Gasteiger partial charge in [-0.15, -0.1) is 0 Å². The summed E-state index contributed by atoms with van der Waals surface area (Å²) in [5.74, 6) is -1.52. The Morgan fingerprint density at radius 3 is 2.37 bits per heavy atom. The molecule has 3 aliphatic heterocycles. The highest BCUT2D eigenvalue weighted by atomic mass is 32.2. The number of piperidine rings is 1. The second kappa shape index (κ2) is 13.8. The van der Waals surface area contributed by atoms with Crippen LogP contribution in [0.2, 0.25) is 0 Å². The Hall–Kier alpha value is -4.06. The van der Waals surface area contributed by atoms with Crippen LogP contribution in [0.3, 0.4) is 0 Å². The highest BCUT2D eigenvalue weighted by Gasteiger charge is 2.58. The Kier molecular flexibility index (Phi) is 9.58. The zero-order chi connectivity index (χ0) is 36.0. The fourth-order valence-electron chi connectivity index (χ4n) is 7.30. The van der Waals surface area contributed by atoms with Gasteiger partial charge >= 0.3 is 12.2 Å². The predicted molar refractivity (Wildman–Crippen MR) is 175 cm³/mol. The first-order valence-electron chi connectivity index (χ1n) is 17.0. The second-order valence-electron chi connectivity index (χ2n) is 13.5. The molecule has 17 heteroatoms. The van der Waals surface area contributed by atoms with E-state index < -0.39 is 38.9 Å². The molecular formula is C34H39F3N6O7S. The molecule has 1 aliphatic carbocycles. The first-order chi connectivity index (χ1) is 24.3. The summed E-state index contributed by atoms with van der Waals surface area (Å²) in [6.45, 7) is 4.73. The number of carbonyl (C=O) groups excluding carboxylic acids is 2. The summed E-state index contributed by atoms with van der Waals surface area (Å²) >= 11 is 0. The number of likely N-dealkylation sites (tertiary alicyclic amines) is 1. The number of para-hydroxylation sites is 1. The van der Waals surface area contributed by atoms with Gasteiger partial charge in [0.2, 0.25) is 11.7 Å². The van der Waals surface area contributed by atoms with E-state index >= 15 is 0 Å². The molecule has 0 unspecified atom stereocenters. The maximum atomic E-state index is 14.3. The van der Waals surface area contributed by atoms with Crippen molar-refractivity contribution in [1.29, 1.82) is 0 Å². The molecule has 3 saturated heterocycles. The van der Waals surface area contributed by atoms with Gasteiger partial charge in [0.05, 0.1) is 18.8 Å². The molecule has 0 N–H and O–H groups in total. The lowest BCUT2D eigenvalue weighted by atomic mass is 9.82. The van der Waals surface area contributed by atoms with Gasteiger partial charge in [0.1, 0.15) is 28.5 Å². The van der Waals surface area contributed by atoms with E-state index in [1.54, 1.807) is 4.90 Å². The van der Waals surface area contributed by atoms with Crippen LogP contribution in [0, 0.1) is 0 Å². The van der Waals surface area contributed by atoms with Gasteiger partial charge in [0.15, 0.2) is 9.84 Å². The van der Waals surface area contributed by atoms with Crippen molar-refractivity contribution >= 4 is 21.8 Å². The van der Waals surface area contributed by atoms with E-state index in [0.717, 1.165) is 49.2 Å². The normalized spacial score (nSPS) is 20.7. The molecule has 4 fully saturated rings. The van der Waals surface area contributed by atoms with Crippen molar-refractivity contribution in [3.63, 3.8) is 0 Å². The molecule has 3 aromatic rings. The lowest BCUT2D eigenvalue weighted by molar-refractivity contribution is -0.138. The number of urea groups is 1. The Morgan fingerprint density at radius 2 is 1.71 bits per heavy atom. The third kappa shape index (κ3) is 7.08. The van der Waals surface area contributed by atoms with Crippen molar-refractivity contribution in [3.8, 4) is 22.9 Å². The SMILES string of the molecule is CS(=O)(=O)c1ccccc1Oc1ccc(-c2noc(CN3C(=O)N(CCN4CCOCC4)C4(CCN(C5CCC5)CC4)C3=O)n2)cc1C(F)(F)F. The molecule has 13 nitrogen and oxygen atoms in total. The van der Waals surface area contributed by atoms with Gasteiger partial charge < -0.3 is 23.8 Å². The molecule has 0 bridgehead atoms. The first kappa shape index (κ1) is 35.3. The number of carbonyl (C=O) groups is 2. The fraction of sp³-hybridized carbons (Fsp3) is 0.529. The summed E-state index contributed by atoms with van der Waals surface area (Å²) in [5.41, 5.74) is -2.25. The van der Waals surface area contributed by atoms with Crippen LogP contribution in [0.25, 0.3) is 11.4 Å². The number of rotatable bonds is 10. The van der Waals surface area contributed by atoms with E-state index in [0.29, 0.717) is 58.3 Å². The third-order valence-electron chi connectivity index (χ3n) is 10.4. The molecule has 1 spiro atoms. The van der Waals surface area contributed by atoms with Gasteiger partial charge in [-0.1, -0.05) is 23.7 Å². The Bertz CT molecular complexity index is 1890. The number of sulfone groups is 1. The number of imide groups is 1. The zero-order valence-electron chi connectivity index (χ0n) is 28.1. The molecule has 1 aromatic heterocycles. The lowest BCUT2D eigenvalue weighted by Gasteiger charge is -2.47. The first-order valence-corrected chi connectivity index (χ1v) is 18.9. The number of hydrogen-bond donors (Lipinski definition) is 0. The topological polar surface area (TPSA) is 139 Å². The van der Waals surface area contributed by atoms with Gasteiger partial charge in [0, 0.05) is 57.1 Å². The standard InChI is InChI=1S/C34H39F3N6O7S/c1-51(46,47)28-8-3-2-7-27(28)49-26-10-9-23(21-25(26)34(35,36)37)30-38-29(50-39-30)22-42-31(44)33(11-13-41(14-12-33)24-5-4-6-24)43(32(42)45)16-15-40-17-19-48-20-18-40/h2-3,7-10,21,24H,4-6,11-20,22H2,1H3. The van der Waals surface area contributed by atoms with Crippen molar-refractivity contribution in [3.05, 3.63) is 53.9 Å². The monoisotopic (exact) mass is 732 g/mol. The van der Waals surface area contributed by atoms with E-state index in [4.69, 9.17) is 14.0 Å². The molecule has 3 amide bonds. The van der Waals surface area contributed by atoms with Crippen LogP contribution in [0.5, 0.6) is 11.5 Å². The number of amides is 3. The number of hydrogen-bond acceptors (Lipinski definition) is 11. The van der Waals surface area contributed by atoms with Gasteiger partial charge in [-0.05, 0) is 56.0 Å². The average molecular weight is 733 g/mol. The highest BCUT2D eigenvalue weighted by molar-refractivity contribution is 7.90. The molecule has 0 atom stereocenters. The summed E-state index contributed by atoms with van der Waals surface area (Å²) < 4.78 is 83.5. The number of halogens is 3. The Morgan fingerprint density at radius 1 is 0.980 bits per heavy atom. The summed E-state index contributed by atoms with van der Waals surface area (Å²) in [6, 6.07) is 8.57. The van der Waals surface area contributed by atoms with Crippen molar-refractivity contribution in [1.82, 2.24) is 29.7 Å². The smallest absolute Gasteiger partial charge is 0.420 e. The molecule has 1 saturated carbocycles. The molecule has 4 heterocycles. The number of nitrogens with zero attached hydrogens (tertiary/aromatic N) is 6. The predicted octanol–water partition coefficient (Wildman–Crippen LogP) is 4.43. The molecular weight excluding hydrogens is 693 g/mol. The van der Waals surface area contributed by atoms with Crippen LogP contribution < -0.4 is 4.74 Å². The van der Waals surface area contributed by atoms with E-state index in [-0.39, 0.29) is 40.4 Å². The minimum Gasteiger partial charge on any atom is -0.455 e. The van der Waals surface area contributed by atoms with Crippen LogP contribution in [-0.2, 0) is 32.1 Å². The van der Waals surface area contributed by atoms with Gasteiger partial charge in [-0.25, -0.2) is 13.2 Å². The maximum absolute atomic E-state index is 14.3. The summed E-state index contributed by atoms with van der Waals surface area (Å²) in [5, 5.41) is 3.87. The summed E-state index contributed by atoms with van der Waals surface area (Å²) in [4.78, 5) is 39.6. The lowest BCUT2D eigenvalue weighted by Crippen LogP contribution is -2.59. The summed E-state index contributed by atoms with van der Waals surface area (Å²) in [6.07, 6.45) is 0.539. The van der Waals surface area contributed by atoms with Gasteiger partial charge in [-0.2, -0.15) is 18.2 Å². The summed E-state index contributed by atoms with van der Waals surface area (Å²) in [7, 11) is -3.80. The highest BCUT2D eigenvalue weighted by Crippen LogP contribution is 2.42. The molecule has 2 aromatic carbocycles. The quantitative estimate of drug-likeness (QED) is 0.274. The van der Waals surface area contributed by atoms with E-state index in [1.165, 1.54) is 36.8 Å². The fourth-order valence-corrected chi connectivity index (χ4v) is 8.10.